The molecule has 1 saturated carbocycles. The zero-order valence-corrected chi connectivity index (χ0v) is 15.5. The van der Waals surface area contributed by atoms with Gasteiger partial charge in [0.25, 0.3) is 10.0 Å². The second-order valence-corrected chi connectivity index (χ2v) is 9.56. The molecule has 1 aliphatic carbocycles. The lowest BCUT2D eigenvalue weighted by Gasteiger charge is -2.08. The molecular formula is C15H18N4O2S3. The predicted octanol–water partition coefficient (Wildman–Crippen LogP) is 3.11. The zero-order valence-electron chi connectivity index (χ0n) is 13.0. The highest BCUT2D eigenvalue weighted by atomic mass is 32.2. The minimum absolute atomic E-state index is 0.243. The first-order valence-electron chi connectivity index (χ1n) is 7.96. The van der Waals surface area contributed by atoms with Crippen molar-refractivity contribution in [2.24, 2.45) is 4.99 Å². The Hall–Kier alpha value is -1.32. The summed E-state index contributed by atoms with van der Waals surface area (Å²) in [6, 6.07) is 4.12. The highest BCUT2D eigenvalue weighted by molar-refractivity contribution is 8.15. The molecule has 3 heterocycles. The van der Waals surface area contributed by atoms with Crippen LogP contribution in [-0.2, 0) is 10.0 Å². The molecule has 2 aromatic heterocycles. The van der Waals surface area contributed by atoms with Crippen LogP contribution in [0, 0.1) is 0 Å². The molecule has 2 aliphatic rings. The van der Waals surface area contributed by atoms with Gasteiger partial charge in [0.05, 0.1) is 17.5 Å². The first kappa shape index (κ1) is 16.2. The normalized spacial score (nSPS) is 18.9. The Labute approximate surface area is 149 Å². The van der Waals surface area contributed by atoms with Gasteiger partial charge in [-0.1, -0.05) is 30.7 Å². The van der Waals surface area contributed by atoms with Gasteiger partial charge in [-0.25, -0.2) is 8.42 Å². The van der Waals surface area contributed by atoms with Crippen molar-refractivity contribution >= 4 is 38.3 Å². The van der Waals surface area contributed by atoms with Crippen molar-refractivity contribution in [3.8, 4) is 10.6 Å². The fourth-order valence-electron chi connectivity index (χ4n) is 3.08. The van der Waals surface area contributed by atoms with Gasteiger partial charge in [-0.15, -0.1) is 11.3 Å². The fraction of sp³-hybridized carbons (Fsp3) is 0.467. The van der Waals surface area contributed by atoms with Crippen molar-refractivity contribution in [2.45, 2.75) is 36.6 Å². The molecule has 1 N–H and O–H groups in total. The molecule has 0 spiro atoms. The number of thioether (sulfide) groups is 1. The van der Waals surface area contributed by atoms with Gasteiger partial charge in [-0.2, -0.15) is 5.10 Å². The minimum atomic E-state index is -3.69. The van der Waals surface area contributed by atoms with Crippen LogP contribution in [-0.4, -0.2) is 35.7 Å². The summed E-state index contributed by atoms with van der Waals surface area (Å²) >= 11 is 2.94. The third-order valence-corrected chi connectivity index (χ3v) is 7.49. The first-order valence-corrected chi connectivity index (χ1v) is 11.3. The van der Waals surface area contributed by atoms with Crippen molar-refractivity contribution in [1.82, 2.24) is 14.5 Å². The summed E-state index contributed by atoms with van der Waals surface area (Å²) in [7, 11) is -3.69. The quantitative estimate of drug-likeness (QED) is 0.881. The monoisotopic (exact) mass is 382 g/mol. The Morgan fingerprint density at radius 2 is 2.12 bits per heavy atom. The van der Waals surface area contributed by atoms with E-state index in [9.17, 15) is 8.42 Å². The number of aliphatic imine (C=N–C) groups is 1. The van der Waals surface area contributed by atoms with Crippen molar-refractivity contribution < 1.29 is 8.42 Å². The molecule has 128 valence electrons. The Bertz CT molecular complexity index is 849. The van der Waals surface area contributed by atoms with Crippen molar-refractivity contribution in [2.75, 3.05) is 12.3 Å². The van der Waals surface area contributed by atoms with Crippen LogP contribution in [0.3, 0.4) is 0 Å². The van der Waals surface area contributed by atoms with Gasteiger partial charge in [0, 0.05) is 11.9 Å². The van der Waals surface area contributed by atoms with E-state index in [2.05, 4.69) is 14.8 Å². The molecule has 0 saturated heterocycles. The number of amidine groups is 1. The maximum absolute atomic E-state index is 12.9. The second-order valence-electron chi connectivity index (χ2n) is 5.88. The summed E-state index contributed by atoms with van der Waals surface area (Å²) in [4.78, 5) is 5.30. The SMILES string of the molecule is O=S(=O)(NC1=NCCS1)c1cn(C2CCCC2)nc1-c1cccs1. The van der Waals surface area contributed by atoms with E-state index in [-0.39, 0.29) is 4.90 Å². The lowest BCUT2D eigenvalue weighted by molar-refractivity contribution is 0.467. The van der Waals surface area contributed by atoms with E-state index in [0.29, 0.717) is 23.4 Å². The molecule has 2 aromatic rings. The molecule has 4 rings (SSSR count). The van der Waals surface area contributed by atoms with Crippen molar-refractivity contribution in [3.05, 3.63) is 23.7 Å². The molecular weight excluding hydrogens is 364 g/mol. The Balaban J connectivity index is 1.74. The smallest absolute Gasteiger partial charge is 0.267 e. The third kappa shape index (κ3) is 3.12. The maximum atomic E-state index is 12.9. The number of sulfonamides is 1. The van der Waals surface area contributed by atoms with Gasteiger partial charge >= 0.3 is 0 Å². The van der Waals surface area contributed by atoms with Crippen LogP contribution in [0.1, 0.15) is 31.7 Å². The summed E-state index contributed by atoms with van der Waals surface area (Å²) in [5, 5.41) is 7.04. The van der Waals surface area contributed by atoms with E-state index in [1.54, 1.807) is 6.20 Å². The van der Waals surface area contributed by atoms with Crippen LogP contribution in [0.2, 0.25) is 0 Å². The van der Waals surface area contributed by atoms with Crippen LogP contribution in [0.15, 0.2) is 33.6 Å². The molecule has 0 unspecified atom stereocenters. The van der Waals surface area contributed by atoms with Gasteiger partial charge in [-0.3, -0.25) is 14.4 Å². The number of nitrogens with one attached hydrogen (secondary N) is 1. The average molecular weight is 383 g/mol. The minimum Gasteiger partial charge on any atom is -0.268 e. The molecule has 1 aliphatic heterocycles. The van der Waals surface area contributed by atoms with Crippen LogP contribution >= 0.6 is 23.1 Å². The van der Waals surface area contributed by atoms with Crippen LogP contribution in [0.25, 0.3) is 10.6 Å². The highest BCUT2D eigenvalue weighted by Crippen LogP contribution is 2.34. The number of nitrogens with zero attached hydrogens (tertiary/aromatic N) is 3. The van der Waals surface area contributed by atoms with Gasteiger partial charge in [-0.05, 0) is 24.3 Å². The zero-order chi connectivity index (χ0) is 16.6. The Morgan fingerprint density at radius 3 is 2.79 bits per heavy atom. The largest absolute Gasteiger partial charge is 0.268 e. The van der Waals surface area contributed by atoms with Crippen molar-refractivity contribution in [3.63, 3.8) is 0 Å². The summed E-state index contributed by atoms with van der Waals surface area (Å²) in [5.41, 5.74) is 0.535. The summed E-state index contributed by atoms with van der Waals surface area (Å²) in [6.07, 6.45) is 6.15. The van der Waals surface area contributed by atoms with E-state index >= 15 is 0 Å². The molecule has 1 fully saturated rings. The molecule has 9 heteroatoms. The molecule has 0 radical (unpaired) electrons. The lowest BCUT2D eigenvalue weighted by Crippen LogP contribution is -2.27. The summed E-state index contributed by atoms with van der Waals surface area (Å²) in [6.45, 7) is 0.654. The van der Waals surface area contributed by atoms with Crippen LogP contribution in [0.4, 0.5) is 0 Å². The molecule has 0 amide bonds. The maximum Gasteiger partial charge on any atom is 0.267 e. The number of hydrogen-bond acceptors (Lipinski definition) is 6. The molecule has 6 nitrogen and oxygen atoms in total. The summed E-state index contributed by atoms with van der Waals surface area (Å²) < 4.78 is 30.2. The standard InChI is InChI=1S/C15H18N4O2S3/c20-24(21,18-15-16-7-9-23-15)13-10-19(11-4-1-2-5-11)17-14(13)12-6-3-8-22-12/h3,6,8,10-11H,1-2,4-5,7,9H2,(H,16,18). The highest BCUT2D eigenvalue weighted by Gasteiger charge is 2.28. The molecule has 0 aromatic carbocycles. The van der Waals surface area contributed by atoms with Gasteiger partial charge in [0.1, 0.15) is 10.6 Å². The number of thiophene rings is 1. The van der Waals surface area contributed by atoms with Crippen LogP contribution < -0.4 is 4.72 Å². The fourth-order valence-corrected chi connectivity index (χ4v) is 6.05. The van der Waals surface area contributed by atoms with E-state index in [1.807, 2.05) is 22.2 Å². The number of aromatic nitrogens is 2. The van der Waals surface area contributed by atoms with E-state index in [0.717, 1.165) is 23.5 Å². The summed E-state index contributed by atoms with van der Waals surface area (Å²) in [5.74, 6) is 0.816. The molecule has 0 bridgehead atoms. The van der Waals surface area contributed by atoms with Gasteiger partial charge in [0.15, 0.2) is 5.17 Å². The van der Waals surface area contributed by atoms with Gasteiger partial charge < -0.3 is 0 Å². The van der Waals surface area contributed by atoms with E-state index in [1.165, 1.54) is 35.9 Å². The van der Waals surface area contributed by atoms with E-state index < -0.39 is 10.0 Å². The van der Waals surface area contributed by atoms with Crippen molar-refractivity contribution in [1.29, 1.82) is 0 Å². The lowest BCUT2D eigenvalue weighted by atomic mass is 10.3. The Kier molecular flexibility index (Phi) is 4.40. The topological polar surface area (TPSA) is 76.3 Å². The average Bonchev–Trinajstić information content (AvgIpc) is 3.31. The van der Waals surface area contributed by atoms with Gasteiger partial charge in [0.2, 0.25) is 0 Å². The third-order valence-electron chi connectivity index (χ3n) is 4.25. The molecule has 24 heavy (non-hydrogen) atoms. The van der Waals surface area contributed by atoms with Crippen LogP contribution in [0.5, 0.6) is 0 Å². The first-order chi connectivity index (χ1) is 11.6. The Morgan fingerprint density at radius 1 is 1.29 bits per heavy atom. The molecule has 0 atom stereocenters. The number of rotatable bonds is 4. The number of hydrogen-bond donors (Lipinski definition) is 1. The predicted molar refractivity (Wildman–Crippen MR) is 98.1 cm³/mol. The van der Waals surface area contributed by atoms with E-state index in [4.69, 9.17) is 0 Å². The second kappa shape index (κ2) is 6.53.